The van der Waals surface area contributed by atoms with Gasteiger partial charge in [-0.1, -0.05) is 19.8 Å². The van der Waals surface area contributed by atoms with Gasteiger partial charge < -0.3 is 9.47 Å². The highest BCUT2D eigenvalue weighted by Crippen LogP contribution is 2.28. The minimum absolute atomic E-state index is 0.121. The van der Waals surface area contributed by atoms with Crippen LogP contribution >= 0.6 is 0 Å². The first-order valence-corrected chi connectivity index (χ1v) is 8.78. The molecular formula is C19H25F2NO2. The molecule has 0 atom stereocenters. The number of rotatable bonds is 8. The fraction of sp³-hybridized carbons (Fsp3) is 0.632. The van der Waals surface area contributed by atoms with Gasteiger partial charge in [-0.25, -0.2) is 4.39 Å². The van der Waals surface area contributed by atoms with Crippen LogP contribution in [0, 0.1) is 28.9 Å². The Hall–Kier alpha value is -1.67. The van der Waals surface area contributed by atoms with Crippen LogP contribution in [0.25, 0.3) is 0 Å². The van der Waals surface area contributed by atoms with Crippen LogP contribution < -0.4 is 4.74 Å². The molecule has 0 heterocycles. The highest BCUT2D eigenvalue weighted by molar-refractivity contribution is 5.37. The van der Waals surface area contributed by atoms with E-state index >= 15 is 0 Å². The smallest absolute Gasteiger partial charge is 0.201 e. The summed E-state index contributed by atoms with van der Waals surface area (Å²) in [5.41, 5.74) is -0.305. The van der Waals surface area contributed by atoms with Crippen molar-refractivity contribution in [3.8, 4) is 11.8 Å². The zero-order valence-corrected chi connectivity index (χ0v) is 14.2. The van der Waals surface area contributed by atoms with Crippen molar-refractivity contribution in [2.24, 2.45) is 5.92 Å². The lowest BCUT2D eigenvalue weighted by Crippen LogP contribution is -2.25. The van der Waals surface area contributed by atoms with Gasteiger partial charge in [0.25, 0.3) is 0 Å². The van der Waals surface area contributed by atoms with Crippen molar-refractivity contribution in [1.82, 2.24) is 0 Å². The quantitative estimate of drug-likeness (QED) is 0.628. The summed E-state index contributed by atoms with van der Waals surface area (Å²) in [6.07, 6.45) is 7.76. The van der Waals surface area contributed by atoms with E-state index in [9.17, 15) is 8.78 Å². The third kappa shape index (κ3) is 5.17. The third-order valence-electron chi connectivity index (χ3n) is 4.54. The maximum atomic E-state index is 13.8. The van der Waals surface area contributed by atoms with Gasteiger partial charge in [0.2, 0.25) is 5.82 Å². The molecule has 0 N–H and O–H groups in total. The number of benzene rings is 1. The molecule has 0 aliphatic heterocycles. The van der Waals surface area contributed by atoms with Gasteiger partial charge in [-0.05, 0) is 50.2 Å². The Balaban J connectivity index is 1.73. The fourth-order valence-electron chi connectivity index (χ4n) is 3.00. The minimum atomic E-state index is -1.14. The van der Waals surface area contributed by atoms with E-state index in [1.54, 1.807) is 6.07 Å². The van der Waals surface area contributed by atoms with Crippen LogP contribution in [-0.4, -0.2) is 19.3 Å². The summed E-state index contributed by atoms with van der Waals surface area (Å²) in [6.45, 7) is 3.37. The van der Waals surface area contributed by atoms with E-state index in [1.165, 1.54) is 25.0 Å². The molecule has 0 unspecified atom stereocenters. The van der Waals surface area contributed by atoms with Gasteiger partial charge in [0, 0.05) is 6.61 Å². The molecule has 1 aromatic rings. The number of nitrogens with zero attached hydrogens (tertiary/aromatic N) is 1. The van der Waals surface area contributed by atoms with E-state index in [4.69, 9.17) is 14.7 Å². The summed E-state index contributed by atoms with van der Waals surface area (Å²) in [5, 5.41) is 8.67. The predicted molar refractivity (Wildman–Crippen MR) is 87.8 cm³/mol. The van der Waals surface area contributed by atoms with Crippen LogP contribution in [0.2, 0.25) is 0 Å². The molecule has 5 heteroatoms. The standard InChI is InChI=1S/C19H25F2NO2/c1-2-3-4-11-23-16-8-5-14(6-9-16)13-24-17-10-7-15(12-22)18(20)19(17)21/h7,10,14,16H,2-6,8-9,11,13H2,1H3. The summed E-state index contributed by atoms with van der Waals surface area (Å²) in [7, 11) is 0. The Bertz CT molecular complexity index is 563. The molecule has 3 nitrogen and oxygen atoms in total. The van der Waals surface area contributed by atoms with Crippen LogP contribution in [0.4, 0.5) is 8.78 Å². The van der Waals surface area contributed by atoms with Gasteiger partial charge in [0.05, 0.1) is 18.3 Å². The molecule has 1 aliphatic rings. The molecule has 1 saturated carbocycles. The first-order chi connectivity index (χ1) is 11.7. The Morgan fingerprint density at radius 2 is 1.88 bits per heavy atom. The van der Waals surface area contributed by atoms with Crippen molar-refractivity contribution < 1.29 is 18.3 Å². The normalized spacial score (nSPS) is 20.6. The van der Waals surface area contributed by atoms with Gasteiger partial charge >= 0.3 is 0 Å². The van der Waals surface area contributed by atoms with E-state index in [1.807, 2.05) is 0 Å². The Labute approximate surface area is 142 Å². The molecule has 1 fully saturated rings. The topological polar surface area (TPSA) is 42.2 Å². The van der Waals surface area contributed by atoms with Crippen LogP contribution in [0.3, 0.4) is 0 Å². The number of halogens is 2. The summed E-state index contributed by atoms with van der Waals surface area (Å²) in [5.74, 6) is -2.01. The maximum absolute atomic E-state index is 13.8. The molecule has 1 aromatic carbocycles. The average Bonchev–Trinajstić information content (AvgIpc) is 2.61. The molecular weight excluding hydrogens is 312 g/mol. The van der Waals surface area contributed by atoms with Crippen LogP contribution in [-0.2, 0) is 4.74 Å². The first-order valence-electron chi connectivity index (χ1n) is 8.78. The molecule has 0 spiro atoms. The molecule has 0 saturated heterocycles. The summed E-state index contributed by atoms with van der Waals surface area (Å²) in [4.78, 5) is 0. The molecule has 0 amide bonds. The van der Waals surface area contributed by atoms with Gasteiger partial charge in [-0.15, -0.1) is 0 Å². The Kier molecular flexibility index (Phi) is 7.45. The molecule has 0 radical (unpaired) electrons. The monoisotopic (exact) mass is 337 g/mol. The minimum Gasteiger partial charge on any atom is -0.490 e. The lowest BCUT2D eigenvalue weighted by molar-refractivity contribution is 0.0110. The highest BCUT2D eigenvalue weighted by Gasteiger charge is 2.23. The summed E-state index contributed by atoms with van der Waals surface area (Å²) in [6, 6.07) is 4.18. The number of ether oxygens (including phenoxy) is 2. The second-order valence-electron chi connectivity index (χ2n) is 6.38. The lowest BCUT2D eigenvalue weighted by atomic mass is 9.88. The maximum Gasteiger partial charge on any atom is 0.201 e. The highest BCUT2D eigenvalue weighted by atomic mass is 19.2. The molecule has 1 aliphatic carbocycles. The van der Waals surface area contributed by atoms with E-state index in [0.29, 0.717) is 18.6 Å². The molecule has 0 aromatic heterocycles. The first kappa shape index (κ1) is 18.7. The number of hydrogen-bond acceptors (Lipinski definition) is 3. The average molecular weight is 337 g/mol. The van der Waals surface area contributed by atoms with E-state index in [-0.39, 0.29) is 11.3 Å². The zero-order valence-electron chi connectivity index (χ0n) is 14.2. The number of hydrogen-bond donors (Lipinski definition) is 0. The summed E-state index contributed by atoms with van der Waals surface area (Å²) < 4.78 is 38.7. The van der Waals surface area contributed by atoms with Crippen molar-refractivity contribution in [2.45, 2.75) is 58.0 Å². The fourth-order valence-corrected chi connectivity index (χ4v) is 3.00. The van der Waals surface area contributed by atoms with Crippen molar-refractivity contribution >= 4 is 0 Å². The zero-order chi connectivity index (χ0) is 17.4. The SMILES string of the molecule is CCCCCOC1CCC(COc2ccc(C#N)c(F)c2F)CC1. The number of nitriles is 1. The molecule has 2 rings (SSSR count). The van der Waals surface area contributed by atoms with Gasteiger partial charge in [0.1, 0.15) is 6.07 Å². The molecule has 0 bridgehead atoms. The van der Waals surface area contributed by atoms with Crippen molar-refractivity contribution in [1.29, 1.82) is 5.26 Å². The molecule has 24 heavy (non-hydrogen) atoms. The Morgan fingerprint density at radius 1 is 1.12 bits per heavy atom. The van der Waals surface area contributed by atoms with Crippen LogP contribution in [0.1, 0.15) is 57.4 Å². The molecule has 132 valence electrons. The third-order valence-corrected chi connectivity index (χ3v) is 4.54. The van der Waals surface area contributed by atoms with Gasteiger partial charge in [-0.2, -0.15) is 9.65 Å². The van der Waals surface area contributed by atoms with Crippen LogP contribution in [0.15, 0.2) is 12.1 Å². The second kappa shape index (κ2) is 9.58. The lowest BCUT2D eigenvalue weighted by Gasteiger charge is -2.28. The Morgan fingerprint density at radius 3 is 2.54 bits per heavy atom. The van der Waals surface area contributed by atoms with Gasteiger partial charge in [-0.3, -0.25) is 0 Å². The van der Waals surface area contributed by atoms with E-state index in [0.717, 1.165) is 38.7 Å². The van der Waals surface area contributed by atoms with E-state index < -0.39 is 11.6 Å². The van der Waals surface area contributed by atoms with E-state index in [2.05, 4.69) is 6.92 Å². The van der Waals surface area contributed by atoms with Gasteiger partial charge in [0.15, 0.2) is 11.6 Å². The summed E-state index contributed by atoms with van der Waals surface area (Å²) >= 11 is 0. The predicted octanol–water partition coefficient (Wildman–Crippen LogP) is 4.98. The van der Waals surface area contributed by atoms with Crippen molar-refractivity contribution in [3.63, 3.8) is 0 Å². The second-order valence-corrected chi connectivity index (χ2v) is 6.38. The largest absolute Gasteiger partial charge is 0.490 e. The number of unbranched alkanes of at least 4 members (excludes halogenated alkanes) is 2. The van der Waals surface area contributed by atoms with Crippen LogP contribution in [0.5, 0.6) is 5.75 Å². The van der Waals surface area contributed by atoms with Crippen molar-refractivity contribution in [3.05, 3.63) is 29.3 Å². The van der Waals surface area contributed by atoms with Crippen molar-refractivity contribution in [2.75, 3.05) is 13.2 Å².